The molecule has 6 heteroatoms. The van der Waals surface area contributed by atoms with E-state index < -0.39 is 5.97 Å². The fraction of sp³-hybridized carbons (Fsp3) is 0.838. The largest absolute Gasteiger partial charge is 0.481 e. The average molecular weight is 592 g/mol. The Labute approximate surface area is 259 Å². The van der Waals surface area contributed by atoms with Crippen LogP contribution in [0.5, 0.6) is 0 Å². The zero-order valence-electron chi connectivity index (χ0n) is 27.4. The van der Waals surface area contributed by atoms with Crippen LogP contribution in [0.15, 0.2) is 23.3 Å². The number of carboxylic acid groups (broad SMARTS) is 1. The van der Waals surface area contributed by atoms with Gasteiger partial charge in [0.05, 0.1) is 5.92 Å². The number of carbonyl (C=O) groups is 2. The number of hydrogen-bond acceptors (Lipinski definition) is 3. The number of hydrogen-bond donors (Lipinski definition) is 3. The fourth-order valence-electron chi connectivity index (χ4n) is 13.0. The van der Waals surface area contributed by atoms with Gasteiger partial charge in [0.1, 0.15) is 0 Å². The summed E-state index contributed by atoms with van der Waals surface area (Å²) in [6.07, 6.45) is 20.6. The smallest absolute Gasteiger partial charge is 0.317 e. The summed E-state index contributed by atoms with van der Waals surface area (Å²) in [6, 6.07) is 0.107. The number of aliphatic carboxylic acids is 1. The molecule has 3 N–H and O–H groups in total. The lowest BCUT2D eigenvalue weighted by atomic mass is 9.34. The van der Waals surface area contributed by atoms with Gasteiger partial charge in [-0.15, -0.1) is 0 Å². The van der Waals surface area contributed by atoms with Crippen LogP contribution in [0.25, 0.3) is 0 Å². The molecule has 1 saturated heterocycles. The molecular weight excluding hydrogens is 534 g/mol. The number of urea groups is 1. The minimum absolute atomic E-state index is 0.107. The third kappa shape index (κ3) is 4.41. The van der Waals surface area contributed by atoms with Crippen molar-refractivity contribution in [1.29, 1.82) is 0 Å². The van der Waals surface area contributed by atoms with Crippen LogP contribution >= 0.6 is 0 Å². The van der Waals surface area contributed by atoms with Gasteiger partial charge in [-0.05, 0) is 134 Å². The molecule has 43 heavy (non-hydrogen) atoms. The number of rotatable bonds is 6. The van der Waals surface area contributed by atoms with Gasteiger partial charge < -0.3 is 20.6 Å². The molecule has 0 aromatic heterocycles. The molecule has 6 aliphatic carbocycles. The highest BCUT2D eigenvalue weighted by Gasteiger charge is 2.68. The molecule has 0 bridgehead atoms. The Bertz CT molecular complexity index is 1210. The molecule has 9 unspecified atom stereocenters. The molecule has 1 aliphatic heterocycles. The quantitative estimate of drug-likeness (QED) is 0.306. The van der Waals surface area contributed by atoms with Crippen LogP contribution in [0.4, 0.5) is 4.79 Å². The summed E-state index contributed by atoms with van der Waals surface area (Å²) in [4.78, 5) is 25.6. The van der Waals surface area contributed by atoms with Crippen molar-refractivity contribution in [2.45, 2.75) is 117 Å². The minimum Gasteiger partial charge on any atom is -0.481 e. The molecule has 10 atom stereocenters. The van der Waals surface area contributed by atoms with E-state index in [1.54, 1.807) is 5.57 Å². The third-order valence-corrected chi connectivity index (χ3v) is 15.5. The summed E-state index contributed by atoms with van der Waals surface area (Å²) in [5.74, 6) is 2.80. The van der Waals surface area contributed by atoms with E-state index in [1.165, 1.54) is 69.8 Å². The molecule has 7 aliphatic rings. The summed E-state index contributed by atoms with van der Waals surface area (Å²) in [5.41, 5.74) is 4.41. The maximum atomic E-state index is 12.1. The molecular formula is C37H57N3O3. The second-order valence-electron chi connectivity index (χ2n) is 16.7. The van der Waals surface area contributed by atoms with Crippen LogP contribution in [0, 0.1) is 51.8 Å². The van der Waals surface area contributed by atoms with E-state index >= 15 is 0 Å². The lowest BCUT2D eigenvalue weighted by Crippen LogP contribution is -2.67. The molecule has 4 saturated carbocycles. The Morgan fingerprint density at radius 1 is 1.00 bits per heavy atom. The van der Waals surface area contributed by atoms with Crippen molar-refractivity contribution < 1.29 is 14.7 Å². The first-order valence-electron chi connectivity index (χ1n) is 17.9. The van der Waals surface area contributed by atoms with E-state index in [1.807, 2.05) is 4.90 Å². The van der Waals surface area contributed by atoms with Crippen LogP contribution < -0.4 is 10.6 Å². The number of fused-ring (bicyclic) bond motifs is 7. The van der Waals surface area contributed by atoms with Crippen molar-refractivity contribution in [2.24, 2.45) is 51.8 Å². The van der Waals surface area contributed by atoms with E-state index in [-0.39, 0.29) is 17.5 Å². The normalized spacial score (nSPS) is 47.4. The van der Waals surface area contributed by atoms with E-state index in [0.29, 0.717) is 28.6 Å². The molecule has 7 rings (SSSR count). The van der Waals surface area contributed by atoms with Crippen LogP contribution in [0.1, 0.15) is 111 Å². The first kappa shape index (κ1) is 29.9. The van der Waals surface area contributed by atoms with Crippen molar-refractivity contribution in [2.75, 3.05) is 26.2 Å². The number of allylic oxidation sites excluding steroid dienone is 4. The van der Waals surface area contributed by atoms with Gasteiger partial charge in [0.25, 0.3) is 0 Å². The Morgan fingerprint density at radius 2 is 1.84 bits per heavy atom. The number of nitrogens with zero attached hydrogens (tertiary/aromatic N) is 1. The van der Waals surface area contributed by atoms with E-state index in [4.69, 9.17) is 0 Å². The lowest BCUT2D eigenvalue weighted by Gasteiger charge is -2.71. The van der Waals surface area contributed by atoms with Crippen LogP contribution in [0.3, 0.4) is 0 Å². The maximum Gasteiger partial charge on any atom is 0.317 e. The van der Waals surface area contributed by atoms with Crippen LogP contribution in [-0.2, 0) is 4.79 Å². The van der Waals surface area contributed by atoms with Gasteiger partial charge in [0, 0.05) is 31.7 Å². The molecule has 0 radical (unpaired) electrons. The van der Waals surface area contributed by atoms with Crippen molar-refractivity contribution in [1.82, 2.24) is 15.5 Å². The Hall–Kier alpha value is -1.82. The van der Waals surface area contributed by atoms with Gasteiger partial charge in [0.2, 0.25) is 0 Å². The SMILES string of the molecule is CC1C(C2=CCC(C(=O)O)CC2)=CCC2(C)C1CCC1(C)C2CCC2C3CCCC3(NCCN3CCNC3=O)CC[C@]21C. The fourth-order valence-corrected chi connectivity index (χ4v) is 13.0. The predicted octanol–water partition coefficient (Wildman–Crippen LogP) is 7.17. The Morgan fingerprint density at radius 3 is 2.56 bits per heavy atom. The Balaban J connectivity index is 1.09. The van der Waals surface area contributed by atoms with Crippen LogP contribution in [0.2, 0.25) is 0 Å². The first-order chi connectivity index (χ1) is 20.5. The van der Waals surface area contributed by atoms with Gasteiger partial charge in [-0.2, -0.15) is 0 Å². The second-order valence-corrected chi connectivity index (χ2v) is 16.7. The second kappa shape index (κ2) is 10.6. The number of nitrogens with one attached hydrogen (secondary N) is 2. The third-order valence-electron chi connectivity index (χ3n) is 15.5. The topological polar surface area (TPSA) is 81.7 Å². The number of carboxylic acids is 1. The highest BCUT2D eigenvalue weighted by Crippen LogP contribution is 2.75. The molecule has 2 amide bonds. The molecule has 238 valence electrons. The zero-order chi connectivity index (χ0) is 30.2. The molecule has 0 spiro atoms. The van der Waals surface area contributed by atoms with Crippen LogP contribution in [-0.4, -0.2) is 53.7 Å². The van der Waals surface area contributed by atoms with Gasteiger partial charge >= 0.3 is 12.0 Å². The molecule has 6 nitrogen and oxygen atoms in total. The summed E-state index contributed by atoms with van der Waals surface area (Å²) in [5, 5.41) is 16.6. The van der Waals surface area contributed by atoms with Crippen molar-refractivity contribution in [3.05, 3.63) is 23.3 Å². The summed E-state index contributed by atoms with van der Waals surface area (Å²) in [6.45, 7) is 14.0. The van der Waals surface area contributed by atoms with Crippen molar-refractivity contribution in [3.63, 3.8) is 0 Å². The number of amides is 2. The van der Waals surface area contributed by atoms with E-state index in [0.717, 1.165) is 62.7 Å². The standard InChI is InChI=1S/C37H57N3O3/c1-24-27(25-7-9-26(10-8-25)32(41)42)13-16-34(2)28(24)14-17-36(4)31(34)12-11-29-30-6-5-15-37(30,19-18-35(29,36)3)39-21-23-40-22-20-38-33(40)43/h7,13,24,26,28-31,39H,5-6,8-12,14-23H2,1-4H3,(H,38,43)(H,41,42)/t24?,26?,28?,29?,30?,31?,34?,35-,36?,37?/m1/s1. The van der Waals surface area contributed by atoms with Gasteiger partial charge in [-0.1, -0.05) is 46.3 Å². The summed E-state index contributed by atoms with van der Waals surface area (Å²) >= 11 is 0. The zero-order valence-corrected chi connectivity index (χ0v) is 27.4. The Kier molecular flexibility index (Phi) is 7.38. The highest BCUT2D eigenvalue weighted by molar-refractivity contribution is 5.76. The molecule has 0 aromatic rings. The van der Waals surface area contributed by atoms with Crippen molar-refractivity contribution in [3.8, 4) is 0 Å². The number of carbonyl (C=O) groups excluding carboxylic acids is 1. The molecule has 5 fully saturated rings. The van der Waals surface area contributed by atoms with Crippen molar-refractivity contribution >= 4 is 12.0 Å². The minimum atomic E-state index is -0.631. The first-order valence-corrected chi connectivity index (χ1v) is 17.9. The van der Waals surface area contributed by atoms with E-state index in [2.05, 4.69) is 50.5 Å². The van der Waals surface area contributed by atoms with Gasteiger partial charge in [0.15, 0.2) is 0 Å². The summed E-state index contributed by atoms with van der Waals surface area (Å²) < 4.78 is 0. The predicted molar refractivity (Wildman–Crippen MR) is 170 cm³/mol. The highest BCUT2D eigenvalue weighted by atomic mass is 16.4. The van der Waals surface area contributed by atoms with E-state index in [9.17, 15) is 14.7 Å². The van der Waals surface area contributed by atoms with Gasteiger partial charge in [-0.25, -0.2) is 4.79 Å². The lowest BCUT2D eigenvalue weighted by molar-refractivity contribution is -0.212. The molecule has 1 heterocycles. The maximum absolute atomic E-state index is 12.1. The summed E-state index contributed by atoms with van der Waals surface area (Å²) in [7, 11) is 0. The van der Waals surface area contributed by atoms with Gasteiger partial charge in [-0.3, -0.25) is 4.79 Å². The average Bonchev–Trinajstić information content (AvgIpc) is 3.60. The monoisotopic (exact) mass is 591 g/mol. The molecule has 0 aromatic carbocycles.